The zero-order valence-electron chi connectivity index (χ0n) is 31.4. The average Bonchev–Trinajstić information content (AvgIpc) is 3.86. The van der Waals surface area contributed by atoms with Crippen molar-refractivity contribution in [2.75, 3.05) is 49.8 Å². The van der Waals surface area contributed by atoms with Crippen molar-refractivity contribution >= 4 is 54.9 Å². The lowest BCUT2D eigenvalue weighted by atomic mass is 9.92. The molecule has 1 N–H and O–H groups in total. The fourth-order valence-electron chi connectivity index (χ4n) is 6.73. The Bertz CT molecular complexity index is 2500. The Kier molecular flexibility index (Phi) is 11.7. The van der Waals surface area contributed by atoms with Crippen molar-refractivity contribution < 1.29 is 27.7 Å². The van der Waals surface area contributed by atoms with Crippen LogP contribution in [0, 0.1) is 10.1 Å². The molecule has 0 saturated carbocycles. The van der Waals surface area contributed by atoms with Gasteiger partial charge in [-0.3, -0.25) is 19.7 Å². The van der Waals surface area contributed by atoms with Gasteiger partial charge in [-0.25, -0.2) is 18.4 Å². The minimum absolute atomic E-state index is 0.0180. The summed E-state index contributed by atoms with van der Waals surface area (Å²) < 4.78 is 34.9. The number of ketones is 2. The molecule has 7 rings (SSSR count). The Morgan fingerprint density at radius 1 is 1.02 bits per heavy atom. The number of nitro groups is 1. The van der Waals surface area contributed by atoms with Crippen LogP contribution < -0.4 is 15.0 Å². The van der Waals surface area contributed by atoms with Gasteiger partial charge in [0.05, 0.1) is 28.0 Å². The maximum atomic E-state index is 13.6. The molecule has 0 amide bonds. The molecule has 0 radical (unpaired) electrons. The first-order valence-electron chi connectivity index (χ1n) is 18.3. The molecule has 0 unspecified atom stereocenters. The van der Waals surface area contributed by atoms with E-state index in [1.165, 1.54) is 28.8 Å². The van der Waals surface area contributed by atoms with Crippen LogP contribution in [0.1, 0.15) is 44.1 Å². The minimum Gasteiger partial charge on any atom is -0.491 e. The van der Waals surface area contributed by atoms with Crippen molar-refractivity contribution in [1.82, 2.24) is 19.3 Å². The predicted molar refractivity (Wildman–Crippen MR) is 219 cm³/mol. The summed E-state index contributed by atoms with van der Waals surface area (Å²) >= 11 is 1.21. The molecule has 0 saturated heterocycles. The summed E-state index contributed by atoms with van der Waals surface area (Å²) in [6.07, 6.45) is 5.13. The highest BCUT2D eigenvalue weighted by atomic mass is 32.2. The van der Waals surface area contributed by atoms with E-state index in [2.05, 4.69) is 15.3 Å². The van der Waals surface area contributed by atoms with Gasteiger partial charge < -0.3 is 24.3 Å². The van der Waals surface area contributed by atoms with Gasteiger partial charge in [-0.05, 0) is 81.0 Å². The molecule has 16 heteroatoms. The molecular weight excluding hydrogens is 767 g/mol. The molecule has 0 fully saturated rings. The highest BCUT2D eigenvalue weighted by Crippen LogP contribution is 2.32. The van der Waals surface area contributed by atoms with Gasteiger partial charge in [-0.2, -0.15) is 0 Å². The van der Waals surface area contributed by atoms with Crippen LogP contribution in [0.25, 0.3) is 5.65 Å². The fourth-order valence-corrected chi connectivity index (χ4v) is 8.81. The second kappa shape index (κ2) is 17.0. The van der Waals surface area contributed by atoms with Gasteiger partial charge in [-0.15, -0.1) is 11.3 Å². The first-order chi connectivity index (χ1) is 27.4. The average molecular weight is 808 g/mol. The van der Waals surface area contributed by atoms with Crippen molar-refractivity contribution in [2.24, 2.45) is 0 Å². The predicted octanol–water partition coefficient (Wildman–Crippen LogP) is 6.15. The standard InChI is InChI=1S/C41H41N7O7S2/c1-45(2)19-17-29(25-55-31-10-4-3-5-11-31)42-35-15-14-32(22-37(35)48(51)52)57(53,54)27-39(50)36-26-56-41(44-36)47-20-16-28-9-8-12-33(34(28)24-47)38(49)21-30-23-46-18-7-6-13-40(46)43-30/h3-15,18,22-23,26,29,42H,16-17,19-21,24-25,27H2,1-2H3/t29-/m1/s1. The fraction of sp³-hybridized carbons (Fsp3) is 0.268. The SMILES string of the molecule is CN(C)CC[C@H](COc1ccccc1)Nc1ccc(S(=O)(=O)CC(=O)c2csc(N3CCc4cccc(C(=O)Cc5cn6ccccc6n5)c4C3)n2)cc1[N+](=O)[O-]. The third-order valence-corrected chi connectivity index (χ3v) is 12.2. The van der Waals surface area contributed by atoms with E-state index in [0.29, 0.717) is 54.6 Å². The van der Waals surface area contributed by atoms with Crippen LogP contribution in [0.2, 0.25) is 0 Å². The lowest BCUT2D eigenvalue weighted by Gasteiger charge is -2.29. The number of anilines is 2. The third-order valence-electron chi connectivity index (χ3n) is 9.70. The maximum Gasteiger partial charge on any atom is 0.293 e. The van der Waals surface area contributed by atoms with E-state index >= 15 is 0 Å². The van der Waals surface area contributed by atoms with Crippen molar-refractivity contribution in [1.29, 1.82) is 0 Å². The topological polar surface area (TPSA) is 169 Å². The molecule has 1 aliphatic rings. The Morgan fingerprint density at radius 3 is 2.60 bits per heavy atom. The highest BCUT2D eigenvalue weighted by Gasteiger charge is 2.29. The van der Waals surface area contributed by atoms with Gasteiger partial charge in [0.1, 0.15) is 35.1 Å². The van der Waals surface area contributed by atoms with E-state index in [1.807, 2.05) is 107 Å². The summed E-state index contributed by atoms with van der Waals surface area (Å²) in [4.78, 5) is 51.2. The summed E-state index contributed by atoms with van der Waals surface area (Å²) in [5.74, 6) is -1.05. The largest absolute Gasteiger partial charge is 0.491 e. The summed E-state index contributed by atoms with van der Waals surface area (Å²) in [6.45, 7) is 1.87. The second-order valence-electron chi connectivity index (χ2n) is 14.1. The van der Waals surface area contributed by atoms with Crippen molar-refractivity contribution in [3.05, 3.63) is 141 Å². The summed E-state index contributed by atoms with van der Waals surface area (Å²) in [7, 11) is -0.448. The molecule has 1 atom stereocenters. The number of fused-ring (bicyclic) bond motifs is 2. The zero-order chi connectivity index (χ0) is 40.1. The number of hydrogen-bond acceptors (Lipinski definition) is 13. The minimum atomic E-state index is -4.29. The summed E-state index contributed by atoms with van der Waals surface area (Å²) in [6, 6.07) is 23.9. The molecule has 57 heavy (non-hydrogen) atoms. The van der Waals surface area contributed by atoms with Crippen LogP contribution in [-0.2, 0) is 29.2 Å². The van der Waals surface area contributed by atoms with Gasteiger partial charge in [0.2, 0.25) is 0 Å². The molecule has 0 spiro atoms. The number of carbonyl (C=O) groups excluding carboxylic acids is 2. The quantitative estimate of drug-likeness (QED) is 0.0635. The van der Waals surface area contributed by atoms with Crippen molar-refractivity contribution in [2.45, 2.75) is 36.7 Å². The number of aromatic nitrogens is 3. The number of nitrogens with one attached hydrogen (secondary N) is 1. The number of benzene rings is 3. The van der Waals surface area contributed by atoms with Gasteiger partial charge in [0.15, 0.2) is 26.5 Å². The number of para-hydroxylation sites is 1. The van der Waals surface area contributed by atoms with E-state index in [9.17, 15) is 28.1 Å². The van der Waals surface area contributed by atoms with Crippen LogP contribution in [0.5, 0.6) is 5.75 Å². The lowest BCUT2D eigenvalue weighted by molar-refractivity contribution is -0.384. The number of thiazole rings is 1. The smallest absolute Gasteiger partial charge is 0.293 e. The molecule has 0 bridgehead atoms. The van der Waals surface area contributed by atoms with E-state index in [-0.39, 0.29) is 41.1 Å². The number of pyridine rings is 1. The number of imidazole rings is 1. The van der Waals surface area contributed by atoms with Crippen LogP contribution in [0.15, 0.2) is 108 Å². The number of hydrogen-bond donors (Lipinski definition) is 1. The van der Waals surface area contributed by atoms with Gasteiger partial charge in [-0.1, -0.05) is 42.5 Å². The summed E-state index contributed by atoms with van der Waals surface area (Å²) in [5.41, 5.74) is 3.67. The number of nitrogens with zero attached hydrogens (tertiary/aromatic N) is 6. The first kappa shape index (κ1) is 39.3. The van der Waals surface area contributed by atoms with Crippen LogP contribution in [0.3, 0.4) is 0 Å². The van der Waals surface area contributed by atoms with E-state index in [4.69, 9.17) is 4.74 Å². The Morgan fingerprint density at radius 2 is 1.82 bits per heavy atom. The Balaban J connectivity index is 1.02. The second-order valence-corrected chi connectivity index (χ2v) is 16.9. The van der Waals surface area contributed by atoms with Crippen molar-refractivity contribution in [3.8, 4) is 5.75 Å². The molecular formula is C41H41N7O7S2. The molecule has 3 aromatic heterocycles. The number of carbonyl (C=O) groups is 2. The molecule has 1 aliphatic heterocycles. The molecule has 3 aromatic carbocycles. The Hall–Kier alpha value is -5.97. The third kappa shape index (κ3) is 9.36. The van der Waals surface area contributed by atoms with Crippen LogP contribution >= 0.6 is 11.3 Å². The molecule has 4 heterocycles. The number of sulfone groups is 1. The lowest BCUT2D eigenvalue weighted by Crippen LogP contribution is -2.32. The first-order valence-corrected chi connectivity index (χ1v) is 20.9. The van der Waals surface area contributed by atoms with Gasteiger partial charge in [0, 0.05) is 42.5 Å². The molecule has 0 aliphatic carbocycles. The zero-order valence-corrected chi connectivity index (χ0v) is 33.0. The van der Waals surface area contributed by atoms with E-state index < -0.39 is 32.0 Å². The molecule has 294 valence electrons. The van der Waals surface area contributed by atoms with E-state index in [0.717, 1.165) is 22.8 Å². The van der Waals surface area contributed by atoms with Crippen LogP contribution in [-0.4, -0.2) is 89.8 Å². The summed E-state index contributed by atoms with van der Waals surface area (Å²) in [5, 5.41) is 17.4. The normalized spacial score (nSPS) is 13.4. The molecule has 6 aromatic rings. The number of Topliss-reactive ketones (excluding diaryl/α,β-unsaturated/α-hetero) is 2. The van der Waals surface area contributed by atoms with Gasteiger partial charge in [0.25, 0.3) is 5.69 Å². The number of rotatable bonds is 17. The monoisotopic (exact) mass is 807 g/mol. The number of nitro benzene ring substituents is 1. The van der Waals surface area contributed by atoms with Gasteiger partial charge >= 0.3 is 0 Å². The number of ether oxygens (including phenoxy) is 1. The highest BCUT2D eigenvalue weighted by molar-refractivity contribution is 7.92. The maximum absolute atomic E-state index is 13.6. The Labute approximate surface area is 333 Å². The van der Waals surface area contributed by atoms with Crippen LogP contribution in [0.4, 0.5) is 16.5 Å². The van der Waals surface area contributed by atoms with E-state index in [1.54, 1.807) is 0 Å². The van der Waals surface area contributed by atoms with Crippen molar-refractivity contribution in [3.63, 3.8) is 0 Å². The molecule has 14 nitrogen and oxygen atoms in total.